The zero-order chi connectivity index (χ0) is 14.5. The Hall–Kier alpha value is -0.430. The van der Waals surface area contributed by atoms with Crippen LogP contribution < -0.4 is 5.32 Å². The van der Waals surface area contributed by atoms with Crippen LogP contribution in [0, 0.1) is 0 Å². The van der Waals surface area contributed by atoms with E-state index in [9.17, 15) is 0 Å². The molecule has 0 aromatic carbocycles. The summed E-state index contributed by atoms with van der Waals surface area (Å²) in [5.41, 5.74) is 1.17. The normalized spacial score (nSPS) is 18.1. The van der Waals surface area contributed by atoms with Gasteiger partial charge in [0.05, 0.1) is 35.6 Å². The average Bonchev–Trinajstić information content (AvgIpc) is 3.04. The molecular formula is C14H24BrN3O2. The number of nitrogens with one attached hydrogen (secondary N) is 1. The van der Waals surface area contributed by atoms with Crippen molar-refractivity contribution in [3.8, 4) is 0 Å². The minimum absolute atomic E-state index is 0.119. The highest BCUT2D eigenvalue weighted by atomic mass is 79.9. The monoisotopic (exact) mass is 345 g/mol. The number of halogens is 1. The van der Waals surface area contributed by atoms with Crippen LogP contribution >= 0.6 is 15.9 Å². The molecule has 1 aromatic rings. The average molecular weight is 346 g/mol. The molecule has 6 heteroatoms. The number of aromatic nitrogens is 2. The molecule has 1 atom stereocenters. The summed E-state index contributed by atoms with van der Waals surface area (Å²) >= 11 is 3.62. The van der Waals surface area contributed by atoms with Gasteiger partial charge in [-0.25, -0.2) is 0 Å². The van der Waals surface area contributed by atoms with Gasteiger partial charge >= 0.3 is 0 Å². The maximum Gasteiger partial charge on any atom is 0.159 e. The molecule has 2 rings (SSSR count). The second kappa shape index (κ2) is 7.54. The van der Waals surface area contributed by atoms with E-state index in [-0.39, 0.29) is 12.3 Å². The highest BCUT2D eigenvalue weighted by Gasteiger charge is 2.27. The molecule has 0 aliphatic carbocycles. The first-order valence-corrected chi connectivity index (χ1v) is 8.12. The molecule has 0 spiro atoms. The molecule has 1 aliphatic rings. The molecule has 1 N–H and O–H groups in total. The van der Waals surface area contributed by atoms with E-state index in [1.807, 2.05) is 6.20 Å². The van der Waals surface area contributed by atoms with Gasteiger partial charge in [-0.3, -0.25) is 4.68 Å². The van der Waals surface area contributed by atoms with Gasteiger partial charge in [-0.15, -0.1) is 0 Å². The maximum absolute atomic E-state index is 5.59. The quantitative estimate of drug-likeness (QED) is 0.825. The van der Waals surface area contributed by atoms with Crippen molar-refractivity contribution in [2.75, 3.05) is 19.8 Å². The van der Waals surface area contributed by atoms with Gasteiger partial charge in [0.25, 0.3) is 0 Å². The van der Waals surface area contributed by atoms with Gasteiger partial charge in [-0.05, 0) is 42.7 Å². The Labute approximate surface area is 129 Å². The van der Waals surface area contributed by atoms with Crippen LogP contribution in [0.1, 0.15) is 51.4 Å². The van der Waals surface area contributed by atoms with Gasteiger partial charge in [0.1, 0.15) is 0 Å². The number of hydrogen-bond acceptors (Lipinski definition) is 4. The standard InChI is InChI=1S/C14H24BrN3O2/c1-4-5-16-12(8-13-19-6-7-20-13)14-11(15)9-17-18(14)10(2)3/h9-10,12-13,16H,4-8H2,1-3H3. The van der Waals surface area contributed by atoms with Crippen LogP contribution in [-0.2, 0) is 9.47 Å². The fourth-order valence-corrected chi connectivity index (χ4v) is 2.98. The Morgan fingerprint density at radius 2 is 2.15 bits per heavy atom. The van der Waals surface area contributed by atoms with Crippen molar-refractivity contribution in [1.29, 1.82) is 0 Å². The van der Waals surface area contributed by atoms with Crippen molar-refractivity contribution in [2.24, 2.45) is 0 Å². The summed E-state index contributed by atoms with van der Waals surface area (Å²) in [4.78, 5) is 0. The second-order valence-corrected chi connectivity index (χ2v) is 6.18. The number of nitrogens with zero attached hydrogens (tertiary/aromatic N) is 2. The highest BCUT2D eigenvalue weighted by molar-refractivity contribution is 9.10. The molecule has 1 saturated heterocycles. The number of hydrogen-bond donors (Lipinski definition) is 1. The van der Waals surface area contributed by atoms with E-state index in [4.69, 9.17) is 9.47 Å². The summed E-state index contributed by atoms with van der Waals surface area (Å²) in [6, 6.07) is 0.505. The van der Waals surface area contributed by atoms with E-state index in [2.05, 4.69) is 51.8 Å². The van der Waals surface area contributed by atoms with E-state index in [0.717, 1.165) is 23.9 Å². The van der Waals surface area contributed by atoms with Crippen LogP contribution in [0.4, 0.5) is 0 Å². The molecule has 0 amide bonds. The van der Waals surface area contributed by atoms with Crippen molar-refractivity contribution in [1.82, 2.24) is 15.1 Å². The minimum Gasteiger partial charge on any atom is -0.350 e. The van der Waals surface area contributed by atoms with Crippen molar-refractivity contribution in [3.05, 3.63) is 16.4 Å². The molecule has 114 valence electrons. The Balaban J connectivity index is 2.18. The van der Waals surface area contributed by atoms with Gasteiger partial charge in [0.15, 0.2) is 6.29 Å². The summed E-state index contributed by atoms with van der Waals surface area (Å²) in [6.45, 7) is 8.80. The Morgan fingerprint density at radius 3 is 2.75 bits per heavy atom. The summed E-state index contributed by atoms with van der Waals surface area (Å²) in [5, 5.41) is 8.05. The van der Waals surface area contributed by atoms with Crippen LogP contribution in [0.2, 0.25) is 0 Å². The SMILES string of the molecule is CCCNC(CC1OCCO1)c1c(Br)cnn1C(C)C. The van der Waals surface area contributed by atoms with E-state index >= 15 is 0 Å². The maximum atomic E-state index is 5.59. The van der Waals surface area contributed by atoms with Crippen LogP contribution in [0.15, 0.2) is 10.7 Å². The van der Waals surface area contributed by atoms with Gasteiger partial charge in [-0.2, -0.15) is 5.10 Å². The first-order chi connectivity index (χ1) is 9.63. The molecular weight excluding hydrogens is 322 g/mol. The summed E-state index contributed by atoms with van der Waals surface area (Å²) in [5.74, 6) is 0. The predicted molar refractivity (Wildman–Crippen MR) is 81.7 cm³/mol. The molecule has 0 bridgehead atoms. The van der Waals surface area contributed by atoms with Gasteiger partial charge < -0.3 is 14.8 Å². The molecule has 2 heterocycles. The Bertz CT molecular complexity index is 417. The third-order valence-electron chi connectivity index (χ3n) is 3.37. The van der Waals surface area contributed by atoms with Crippen molar-refractivity contribution >= 4 is 15.9 Å². The molecule has 0 saturated carbocycles. The molecule has 1 fully saturated rings. The van der Waals surface area contributed by atoms with Crippen molar-refractivity contribution < 1.29 is 9.47 Å². The summed E-state index contributed by atoms with van der Waals surface area (Å²) in [7, 11) is 0. The van der Waals surface area contributed by atoms with Crippen LogP contribution in [0.3, 0.4) is 0 Å². The van der Waals surface area contributed by atoms with Crippen LogP contribution in [0.25, 0.3) is 0 Å². The van der Waals surface area contributed by atoms with E-state index < -0.39 is 0 Å². The largest absolute Gasteiger partial charge is 0.350 e. The summed E-state index contributed by atoms with van der Waals surface area (Å²) in [6.07, 6.45) is 3.64. The third-order valence-corrected chi connectivity index (χ3v) is 3.98. The number of rotatable bonds is 7. The van der Waals surface area contributed by atoms with Crippen molar-refractivity contribution in [3.63, 3.8) is 0 Å². The van der Waals surface area contributed by atoms with Gasteiger partial charge in [0, 0.05) is 12.5 Å². The van der Waals surface area contributed by atoms with Crippen LogP contribution in [0.5, 0.6) is 0 Å². The van der Waals surface area contributed by atoms with E-state index in [1.54, 1.807) is 0 Å². The lowest BCUT2D eigenvalue weighted by molar-refractivity contribution is -0.0535. The van der Waals surface area contributed by atoms with Crippen LogP contribution in [-0.4, -0.2) is 35.8 Å². The first kappa shape index (κ1) is 15.9. The highest BCUT2D eigenvalue weighted by Crippen LogP contribution is 2.30. The topological polar surface area (TPSA) is 48.3 Å². The van der Waals surface area contributed by atoms with Gasteiger partial charge in [0.2, 0.25) is 0 Å². The zero-order valence-electron chi connectivity index (χ0n) is 12.4. The summed E-state index contributed by atoms with van der Waals surface area (Å²) < 4.78 is 14.3. The lowest BCUT2D eigenvalue weighted by Crippen LogP contribution is -2.29. The smallest absolute Gasteiger partial charge is 0.159 e. The molecule has 1 aliphatic heterocycles. The fourth-order valence-electron chi connectivity index (χ4n) is 2.43. The lowest BCUT2D eigenvalue weighted by Gasteiger charge is -2.24. The third kappa shape index (κ3) is 3.81. The van der Waals surface area contributed by atoms with Crippen molar-refractivity contribution in [2.45, 2.75) is 52.0 Å². The first-order valence-electron chi connectivity index (χ1n) is 7.33. The van der Waals surface area contributed by atoms with E-state index in [1.165, 1.54) is 5.69 Å². The lowest BCUT2D eigenvalue weighted by atomic mass is 10.1. The van der Waals surface area contributed by atoms with E-state index in [0.29, 0.717) is 19.3 Å². The van der Waals surface area contributed by atoms with Gasteiger partial charge in [-0.1, -0.05) is 6.92 Å². The molecule has 0 radical (unpaired) electrons. The zero-order valence-corrected chi connectivity index (χ0v) is 14.0. The fraction of sp³-hybridized carbons (Fsp3) is 0.786. The molecule has 1 aromatic heterocycles. The minimum atomic E-state index is -0.119. The second-order valence-electron chi connectivity index (χ2n) is 5.33. The molecule has 5 nitrogen and oxygen atoms in total. The molecule has 1 unspecified atom stereocenters. The Morgan fingerprint density at radius 1 is 1.45 bits per heavy atom. The Kier molecular flexibility index (Phi) is 6.01. The molecule has 20 heavy (non-hydrogen) atoms. The number of ether oxygens (including phenoxy) is 2. The predicted octanol–water partition coefficient (Wildman–Crippen LogP) is 3.03.